The Morgan fingerprint density at radius 2 is 2.07 bits per heavy atom. The average molecular weight is 406 g/mol. The number of nitrogens with zero attached hydrogens (tertiary/aromatic N) is 2. The molecule has 0 spiro atoms. The largest absolute Gasteiger partial charge is 0.465 e. The van der Waals surface area contributed by atoms with Crippen LogP contribution < -0.4 is 11.1 Å². The molecule has 3 heterocycles. The van der Waals surface area contributed by atoms with E-state index in [0.717, 1.165) is 0 Å². The van der Waals surface area contributed by atoms with Crippen molar-refractivity contribution in [2.24, 2.45) is 11.7 Å². The number of fused-ring (bicyclic) bond motifs is 4. The maximum Gasteiger partial charge on any atom is 0.402 e. The molecule has 5 unspecified atom stereocenters. The van der Waals surface area contributed by atoms with Crippen LogP contribution in [0.25, 0.3) is 0 Å². The number of primary amides is 1. The molecule has 0 aromatic rings. The smallest absolute Gasteiger partial charge is 0.402 e. The summed E-state index contributed by atoms with van der Waals surface area (Å²) in [6, 6.07) is 0.362. The first kappa shape index (κ1) is 21.0. The number of carbonyl (C=O) groups is 3. The van der Waals surface area contributed by atoms with Gasteiger partial charge in [0.1, 0.15) is 0 Å². The number of nitrogens with two attached hydrogens (primary N) is 1. The van der Waals surface area contributed by atoms with Gasteiger partial charge in [0.2, 0.25) is 11.6 Å². The van der Waals surface area contributed by atoms with Crippen molar-refractivity contribution in [2.75, 3.05) is 33.9 Å². The summed E-state index contributed by atoms with van der Waals surface area (Å²) >= 11 is 0. The summed E-state index contributed by atoms with van der Waals surface area (Å²) in [5.41, 5.74) is 4.68. The van der Waals surface area contributed by atoms with Crippen molar-refractivity contribution in [1.29, 1.82) is 0 Å². The van der Waals surface area contributed by atoms with Gasteiger partial charge in [0, 0.05) is 37.4 Å². The summed E-state index contributed by atoms with van der Waals surface area (Å²) < 4.78 is 5.91. The minimum absolute atomic E-state index is 0.0748. The van der Waals surface area contributed by atoms with Gasteiger partial charge in [-0.1, -0.05) is 6.08 Å². The van der Waals surface area contributed by atoms with E-state index in [2.05, 4.69) is 22.5 Å². The third-order valence-corrected chi connectivity index (χ3v) is 6.16. The molecule has 2 saturated heterocycles. The molecule has 2 fully saturated rings. The second-order valence-electron chi connectivity index (χ2n) is 7.41. The van der Waals surface area contributed by atoms with Crippen LogP contribution in [0.1, 0.15) is 6.92 Å². The van der Waals surface area contributed by atoms with E-state index in [9.17, 15) is 14.7 Å². The van der Waals surface area contributed by atoms with Crippen molar-refractivity contribution in [3.05, 3.63) is 35.2 Å². The Balaban J connectivity index is 0.000000552. The predicted octanol–water partition coefficient (Wildman–Crippen LogP) is -0.972. The van der Waals surface area contributed by atoms with Crippen LogP contribution in [0.4, 0.5) is 4.79 Å². The van der Waals surface area contributed by atoms with Gasteiger partial charge in [0.05, 0.1) is 30.0 Å². The van der Waals surface area contributed by atoms with E-state index in [0.29, 0.717) is 35.6 Å². The Morgan fingerprint density at radius 3 is 2.59 bits per heavy atom. The first-order valence-electron chi connectivity index (χ1n) is 9.22. The Bertz CT molecular complexity index is 846. The number of hydrogen-bond acceptors (Lipinski definition) is 8. The highest BCUT2D eigenvalue weighted by Gasteiger charge is 2.74. The molecule has 158 valence electrons. The summed E-state index contributed by atoms with van der Waals surface area (Å²) in [7, 11) is 3.60. The lowest BCUT2D eigenvalue weighted by molar-refractivity contribution is -0.144. The normalized spacial score (nSPS) is 34.3. The van der Waals surface area contributed by atoms with Crippen molar-refractivity contribution < 1.29 is 29.3 Å². The van der Waals surface area contributed by atoms with Gasteiger partial charge in [-0.15, -0.1) is 6.58 Å². The number of likely N-dealkylation sites (N-methyl/N-ethyl adjacent to an activating group) is 1. The topological polar surface area (TPSA) is 145 Å². The van der Waals surface area contributed by atoms with Gasteiger partial charge in [-0.2, -0.15) is 0 Å². The zero-order chi connectivity index (χ0) is 21.7. The molecule has 0 aromatic heterocycles. The number of carbonyl (C=O) groups excluding carboxylic acids is 2. The van der Waals surface area contributed by atoms with E-state index < -0.39 is 17.7 Å². The lowest BCUT2D eigenvalue weighted by Gasteiger charge is -2.40. The first-order chi connectivity index (χ1) is 13.7. The molecule has 1 aliphatic carbocycles. The van der Waals surface area contributed by atoms with Gasteiger partial charge < -0.3 is 30.9 Å². The Morgan fingerprint density at radius 1 is 1.45 bits per heavy atom. The Kier molecular flexibility index (Phi) is 5.28. The third kappa shape index (κ3) is 2.78. The summed E-state index contributed by atoms with van der Waals surface area (Å²) in [6.45, 7) is 6.09. The number of nitrogens with one attached hydrogen (secondary N) is 1. The van der Waals surface area contributed by atoms with Crippen LogP contribution in [0.15, 0.2) is 35.2 Å². The van der Waals surface area contributed by atoms with Crippen LogP contribution >= 0.6 is 0 Å². The van der Waals surface area contributed by atoms with Gasteiger partial charge in [-0.3, -0.25) is 14.5 Å². The van der Waals surface area contributed by atoms with Crippen LogP contribution in [0.3, 0.4) is 0 Å². The van der Waals surface area contributed by atoms with Crippen LogP contribution in [-0.4, -0.2) is 89.3 Å². The SMILES string of the molecule is C=CCNC1=C(C)C(=O)C2=C(C1=O)C(CO)C1(OC)C3C(CN21)N3C.NC(=O)O. The third-order valence-electron chi connectivity index (χ3n) is 6.16. The second kappa shape index (κ2) is 7.29. The van der Waals surface area contributed by atoms with Crippen LogP contribution in [0.2, 0.25) is 0 Å². The number of allylic oxidation sites excluding steroid dienone is 2. The lowest BCUT2D eigenvalue weighted by Crippen LogP contribution is -2.55. The standard InChI is InChI=1S/C18H23N3O4.CH3NO2/c1-5-6-19-13-9(2)15(23)14-12(16(13)24)10(8-22)18(25-4)17-11(20(17)3)7-21(14)18;2-1(3)4/h5,10-11,17,19,22H,1,6-8H2,2-4H3;2H2,(H,3,4). The fourth-order valence-corrected chi connectivity index (χ4v) is 4.96. The molecule has 1 amide bonds. The molecule has 0 saturated carbocycles. The number of rotatable bonds is 5. The lowest BCUT2D eigenvalue weighted by atomic mass is 9.82. The number of amides is 1. The molecule has 5 atom stereocenters. The predicted molar refractivity (Wildman–Crippen MR) is 103 cm³/mol. The zero-order valence-corrected chi connectivity index (χ0v) is 16.6. The number of Topliss-reactive ketones (excluding diaryl/α,β-unsaturated/α-hetero) is 2. The molecular formula is C19H26N4O6. The molecule has 4 rings (SSSR count). The van der Waals surface area contributed by atoms with Crippen molar-refractivity contribution in [2.45, 2.75) is 24.7 Å². The molecule has 3 aliphatic heterocycles. The number of aliphatic hydroxyl groups excluding tert-OH is 1. The summed E-state index contributed by atoms with van der Waals surface area (Å²) in [6.07, 6.45) is 0.304. The number of ether oxygens (including phenoxy) is 1. The van der Waals surface area contributed by atoms with Crippen molar-refractivity contribution in [3.8, 4) is 0 Å². The highest BCUT2D eigenvalue weighted by Crippen LogP contribution is 2.58. The fourth-order valence-electron chi connectivity index (χ4n) is 4.96. The number of carboxylic acid groups (broad SMARTS) is 1. The monoisotopic (exact) mass is 406 g/mol. The highest BCUT2D eigenvalue weighted by molar-refractivity contribution is 6.25. The molecule has 5 N–H and O–H groups in total. The molecular weight excluding hydrogens is 380 g/mol. The van der Waals surface area contributed by atoms with E-state index in [-0.39, 0.29) is 30.3 Å². The van der Waals surface area contributed by atoms with Crippen LogP contribution in [-0.2, 0) is 14.3 Å². The Hall–Kier alpha value is -2.69. The Labute approximate surface area is 168 Å². The van der Waals surface area contributed by atoms with E-state index in [1.54, 1.807) is 20.1 Å². The van der Waals surface area contributed by atoms with Gasteiger partial charge in [-0.25, -0.2) is 4.79 Å². The number of hydrogen-bond donors (Lipinski definition) is 4. The maximum atomic E-state index is 13.2. The fraction of sp³-hybridized carbons (Fsp3) is 0.526. The molecule has 29 heavy (non-hydrogen) atoms. The van der Waals surface area contributed by atoms with E-state index in [1.807, 2.05) is 11.9 Å². The summed E-state index contributed by atoms with van der Waals surface area (Å²) in [5.74, 6) is -0.932. The number of methoxy groups -OCH3 is 1. The molecule has 0 aromatic carbocycles. The van der Waals surface area contributed by atoms with Gasteiger partial charge in [-0.05, 0) is 14.0 Å². The van der Waals surface area contributed by atoms with E-state index >= 15 is 0 Å². The highest BCUT2D eigenvalue weighted by atomic mass is 16.5. The number of piperazine rings is 1. The van der Waals surface area contributed by atoms with Crippen LogP contribution in [0.5, 0.6) is 0 Å². The number of ketones is 2. The quantitative estimate of drug-likeness (QED) is 0.257. The average Bonchev–Trinajstić information content (AvgIpc) is 3.05. The van der Waals surface area contributed by atoms with Gasteiger partial charge >= 0.3 is 6.09 Å². The van der Waals surface area contributed by atoms with E-state index in [1.165, 1.54) is 0 Å². The molecule has 10 heteroatoms. The maximum absolute atomic E-state index is 13.2. The van der Waals surface area contributed by atoms with Crippen molar-refractivity contribution in [3.63, 3.8) is 0 Å². The number of aliphatic hydroxyl groups is 1. The van der Waals surface area contributed by atoms with Crippen molar-refractivity contribution >= 4 is 17.7 Å². The van der Waals surface area contributed by atoms with Gasteiger partial charge in [0.25, 0.3) is 0 Å². The summed E-state index contributed by atoms with van der Waals surface area (Å²) in [5, 5.41) is 20.3. The minimum Gasteiger partial charge on any atom is -0.465 e. The van der Waals surface area contributed by atoms with Gasteiger partial charge in [0.15, 0.2) is 5.72 Å². The van der Waals surface area contributed by atoms with Crippen molar-refractivity contribution in [1.82, 2.24) is 15.1 Å². The molecule has 10 nitrogen and oxygen atoms in total. The molecule has 0 bridgehead atoms. The minimum atomic E-state index is -1.33. The van der Waals surface area contributed by atoms with Crippen LogP contribution in [0, 0.1) is 5.92 Å². The molecule has 4 aliphatic rings. The van der Waals surface area contributed by atoms with E-state index in [4.69, 9.17) is 14.6 Å². The molecule has 0 radical (unpaired) electrons. The second-order valence-corrected chi connectivity index (χ2v) is 7.41. The summed E-state index contributed by atoms with van der Waals surface area (Å²) in [4.78, 5) is 39.1. The first-order valence-corrected chi connectivity index (χ1v) is 9.22. The zero-order valence-electron chi connectivity index (χ0n) is 16.6.